The molecule has 0 aromatic rings. The third-order valence-corrected chi connectivity index (χ3v) is 2.63. The highest BCUT2D eigenvalue weighted by Gasteiger charge is 2.05. The first-order valence-electron chi connectivity index (χ1n) is 5.36. The van der Waals surface area contributed by atoms with Crippen LogP contribution in [0.1, 0.15) is 44.9 Å². The molecule has 0 atom stereocenters. The number of nitrogens with one attached hydrogen (secondary N) is 1. The van der Waals surface area contributed by atoms with Crippen molar-refractivity contribution in [2.24, 2.45) is 5.73 Å². The van der Waals surface area contributed by atoms with Crippen LogP contribution in [0.15, 0.2) is 0 Å². The molecule has 0 aromatic heterocycles. The van der Waals surface area contributed by atoms with Gasteiger partial charge in [0.25, 0.3) is 0 Å². The molecule has 72 valence electrons. The zero-order valence-corrected chi connectivity index (χ0v) is 8.02. The molecule has 1 saturated heterocycles. The lowest BCUT2D eigenvalue weighted by molar-refractivity contribution is 0.458. The molecular formula is C10H22N2. The van der Waals surface area contributed by atoms with Crippen LogP contribution in [-0.2, 0) is 0 Å². The average Bonchev–Trinajstić information content (AvgIpc) is 2.62. The van der Waals surface area contributed by atoms with Crippen molar-refractivity contribution < 1.29 is 0 Å². The van der Waals surface area contributed by atoms with E-state index in [4.69, 9.17) is 5.73 Å². The second kappa shape index (κ2) is 6.44. The molecular weight excluding hydrogens is 148 g/mol. The van der Waals surface area contributed by atoms with E-state index in [0.29, 0.717) is 6.04 Å². The Morgan fingerprint density at radius 1 is 0.833 bits per heavy atom. The van der Waals surface area contributed by atoms with Gasteiger partial charge in [-0.3, -0.25) is 0 Å². The van der Waals surface area contributed by atoms with Gasteiger partial charge in [-0.05, 0) is 25.9 Å². The summed E-state index contributed by atoms with van der Waals surface area (Å²) in [6.07, 6.45) is 9.81. The number of hydrogen-bond acceptors (Lipinski definition) is 2. The Balaban J connectivity index is 0.000000127. The van der Waals surface area contributed by atoms with Crippen LogP contribution in [0, 0.1) is 0 Å². The SMILES string of the molecule is C1CCCC1.NC1CCNCC1. The molecule has 2 heteroatoms. The Kier molecular flexibility index (Phi) is 5.37. The summed E-state index contributed by atoms with van der Waals surface area (Å²) in [7, 11) is 0. The highest BCUT2D eigenvalue weighted by atomic mass is 14.9. The highest BCUT2D eigenvalue weighted by Crippen LogP contribution is 2.15. The van der Waals surface area contributed by atoms with Gasteiger partial charge in [0.05, 0.1) is 0 Å². The minimum atomic E-state index is 0.473. The summed E-state index contributed by atoms with van der Waals surface area (Å²) < 4.78 is 0. The van der Waals surface area contributed by atoms with Crippen molar-refractivity contribution in [3.8, 4) is 0 Å². The van der Waals surface area contributed by atoms with Crippen LogP contribution in [-0.4, -0.2) is 19.1 Å². The van der Waals surface area contributed by atoms with Gasteiger partial charge in [0.1, 0.15) is 0 Å². The maximum Gasteiger partial charge on any atom is 0.00629 e. The van der Waals surface area contributed by atoms with Gasteiger partial charge in [-0.25, -0.2) is 0 Å². The Morgan fingerprint density at radius 3 is 1.50 bits per heavy atom. The van der Waals surface area contributed by atoms with E-state index in [9.17, 15) is 0 Å². The molecule has 12 heavy (non-hydrogen) atoms. The van der Waals surface area contributed by atoms with Gasteiger partial charge >= 0.3 is 0 Å². The minimum Gasteiger partial charge on any atom is -0.328 e. The fourth-order valence-electron chi connectivity index (χ4n) is 1.73. The van der Waals surface area contributed by atoms with Gasteiger partial charge in [0.2, 0.25) is 0 Å². The predicted octanol–water partition coefficient (Wildman–Crippen LogP) is 1.65. The molecule has 1 saturated carbocycles. The number of hydrogen-bond donors (Lipinski definition) is 2. The molecule has 0 amide bonds. The van der Waals surface area contributed by atoms with E-state index in [1.165, 1.54) is 32.1 Å². The summed E-state index contributed by atoms with van der Waals surface area (Å²) in [4.78, 5) is 0. The van der Waals surface area contributed by atoms with Gasteiger partial charge in [-0.15, -0.1) is 0 Å². The first-order valence-corrected chi connectivity index (χ1v) is 5.36. The van der Waals surface area contributed by atoms with Crippen molar-refractivity contribution in [2.45, 2.75) is 51.0 Å². The number of nitrogens with two attached hydrogens (primary N) is 1. The van der Waals surface area contributed by atoms with E-state index in [0.717, 1.165) is 25.9 Å². The molecule has 3 N–H and O–H groups in total. The summed E-state index contributed by atoms with van der Waals surface area (Å²) in [6, 6.07) is 0.473. The molecule has 2 rings (SSSR count). The van der Waals surface area contributed by atoms with E-state index < -0.39 is 0 Å². The fourth-order valence-corrected chi connectivity index (χ4v) is 1.73. The average molecular weight is 170 g/mol. The lowest BCUT2D eigenvalue weighted by Crippen LogP contribution is -2.35. The van der Waals surface area contributed by atoms with Crippen LogP contribution in [0.2, 0.25) is 0 Å². The third kappa shape index (κ3) is 4.73. The van der Waals surface area contributed by atoms with Crippen LogP contribution >= 0.6 is 0 Å². The lowest BCUT2D eigenvalue weighted by atomic mass is 10.1. The molecule has 2 nitrogen and oxygen atoms in total. The Bertz CT molecular complexity index is 86.4. The number of rotatable bonds is 0. The largest absolute Gasteiger partial charge is 0.328 e. The smallest absolute Gasteiger partial charge is 0.00629 e. The van der Waals surface area contributed by atoms with Gasteiger partial charge in [0.15, 0.2) is 0 Å². The van der Waals surface area contributed by atoms with E-state index in [1.54, 1.807) is 0 Å². The van der Waals surface area contributed by atoms with E-state index in [-0.39, 0.29) is 0 Å². The van der Waals surface area contributed by atoms with Crippen molar-refractivity contribution in [2.75, 3.05) is 13.1 Å². The summed E-state index contributed by atoms with van der Waals surface area (Å²) in [5, 5.41) is 3.24. The molecule has 2 fully saturated rings. The van der Waals surface area contributed by atoms with Crippen molar-refractivity contribution >= 4 is 0 Å². The summed E-state index contributed by atoms with van der Waals surface area (Å²) >= 11 is 0. The molecule has 0 radical (unpaired) electrons. The fraction of sp³-hybridized carbons (Fsp3) is 1.00. The molecule has 2 aliphatic rings. The van der Waals surface area contributed by atoms with Crippen LogP contribution in [0.25, 0.3) is 0 Å². The third-order valence-electron chi connectivity index (χ3n) is 2.63. The van der Waals surface area contributed by atoms with Crippen molar-refractivity contribution in [3.63, 3.8) is 0 Å². The topological polar surface area (TPSA) is 38.0 Å². The van der Waals surface area contributed by atoms with E-state index in [1.807, 2.05) is 0 Å². The Hall–Kier alpha value is -0.0800. The normalized spacial score (nSPS) is 24.8. The van der Waals surface area contributed by atoms with Gasteiger partial charge < -0.3 is 11.1 Å². The molecule has 0 unspecified atom stereocenters. The second-order valence-electron chi connectivity index (χ2n) is 3.86. The zero-order chi connectivity index (χ0) is 8.65. The first kappa shape index (κ1) is 10.0. The van der Waals surface area contributed by atoms with Gasteiger partial charge in [-0.1, -0.05) is 32.1 Å². The summed E-state index contributed by atoms with van der Waals surface area (Å²) in [5.41, 5.74) is 5.59. The van der Waals surface area contributed by atoms with Crippen molar-refractivity contribution in [3.05, 3.63) is 0 Å². The summed E-state index contributed by atoms with van der Waals surface area (Å²) in [5.74, 6) is 0. The lowest BCUT2D eigenvalue weighted by Gasteiger charge is -2.17. The predicted molar refractivity (Wildman–Crippen MR) is 53.2 cm³/mol. The first-order chi connectivity index (χ1) is 5.89. The standard InChI is InChI=1S/C5H12N2.C5H10/c6-5-1-3-7-4-2-5;1-2-4-5-3-1/h5,7H,1-4,6H2;1-5H2. The van der Waals surface area contributed by atoms with Crippen molar-refractivity contribution in [1.82, 2.24) is 5.32 Å². The van der Waals surface area contributed by atoms with Crippen LogP contribution in [0.4, 0.5) is 0 Å². The van der Waals surface area contributed by atoms with Crippen LogP contribution in [0.3, 0.4) is 0 Å². The minimum absolute atomic E-state index is 0.473. The van der Waals surface area contributed by atoms with E-state index >= 15 is 0 Å². The maximum absolute atomic E-state index is 5.59. The molecule has 0 aromatic carbocycles. The highest BCUT2D eigenvalue weighted by molar-refractivity contribution is 4.69. The Labute approximate surface area is 75.9 Å². The quantitative estimate of drug-likeness (QED) is 0.580. The molecule has 1 aliphatic heterocycles. The monoisotopic (exact) mass is 170 g/mol. The Morgan fingerprint density at radius 2 is 1.25 bits per heavy atom. The van der Waals surface area contributed by atoms with Crippen LogP contribution in [0.5, 0.6) is 0 Å². The summed E-state index contributed by atoms with van der Waals surface area (Å²) in [6.45, 7) is 2.22. The van der Waals surface area contributed by atoms with Gasteiger partial charge in [-0.2, -0.15) is 0 Å². The number of piperidine rings is 1. The van der Waals surface area contributed by atoms with E-state index in [2.05, 4.69) is 5.32 Å². The molecule has 0 spiro atoms. The van der Waals surface area contributed by atoms with Gasteiger partial charge in [0, 0.05) is 6.04 Å². The maximum atomic E-state index is 5.59. The molecule has 0 bridgehead atoms. The zero-order valence-electron chi connectivity index (χ0n) is 8.02. The molecule has 1 aliphatic carbocycles. The molecule has 1 heterocycles. The second-order valence-corrected chi connectivity index (χ2v) is 3.86. The van der Waals surface area contributed by atoms with Crippen molar-refractivity contribution in [1.29, 1.82) is 0 Å². The van der Waals surface area contributed by atoms with Crippen LogP contribution < -0.4 is 11.1 Å².